The third-order valence-electron chi connectivity index (χ3n) is 1.87. The summed E-state index contributed by atoms with van der Waals surface area (Å²) in [6.07, 6.45) is 0.0591. The minimum atomic E-state index is -0.800. The molecule has 0 fully saturated rings. The summed E-state index contributed by atoms with van der Waals surface area (Å²) in [7, 11) is 0. The Kier molecular flexibility index (Phi) is 3.35. The van der Waals surface area contributed by atoms with Gasteiger partial charge in [0.15, 0.2) is 0 Å². The van der Waals surface area contributed by atoms with Crippen molar-refractivity contribution < 1.29 is 13.9 Å². The van der Waals surface area contributed by atoms with Crippen LogP contribution in [0.2, 0.25) is 0 Å². The number of phenolic OH excluding ortho intramolecular Hbond substituents is 1. The van der Waals surface area contributed by atoms with E-state index in [2.05, 4.69) is 15.9 Å². The average Bonchev–Trinajstić information content (AvgIpc) is 2.07. The maximum absolute atomic E-state index is 13.6. The second-order valence-corrected chi connectivity index (χ2v) is 4.94. The van der Waals surface area contributed by atoms with E-state index in [0.717, 1.165) is 6.07 Å². The van der Waals surface area contributed by atoms with Gasteiger partial charge in [-0.1, -0.05) is 0 Å². The molecule has 0 aliphatic rings. The number of rotatable bonds is 2. The van der Waals surface area contributed by atoms with Gasteiger partial charge in [0.05, 0.1) is 4.47 Å². The van der Waals surface area contributed by atoms with Gasteiger partial charge < -0.3 is 10.8 Å². The Labute approximate surface area is 95.2 Å². The third kappa shape index (κ3) is 2.89. The predicted octanol–water partition coefficient (Wildman–Crippen LogP) is 2.71. The Balaban J connectivity index is 3.24. The molecule has 0 saturated heterocycles. The molecule has 0 saturated carbocycles. The number of benzene rings is 1. The molecular formula is C10H12BrF2NO. The highest BCUT2D eigenvalue weighted by Crippen LogP contribution is 2.32. The molecule has 15 heavy (non-hydrogen) atoms. The molecule has 0 heterocycles. The molecule has 1 aromatic rings. The first-order valence-corrected chi connectivity index (χ1v) is 5.16. The molecule has 1 aromatic carbocycles. The molecule has 0 aromatic heterocycles. The van der Waals surface area contributed by atoms with Crippen molar-refractivity contribution in [1.29, 1.82) is 0 Å². The van der Waals surface area contributed by atoms with E-state index in [4.69, 9.17) is 10.8 Å². The zero-order chi connectivity index (χ0) is 11.8. The van der Waals surface area contributed by atoms with Crippen LogP contribution in [0.15, 0.2) is 10.5 Å². The van der Waals surface area contributed by atoms with Crippen LogP contribution in [-0.2, 0) is 6.42 Å². The van der Waals surface area contributed by atoms with Gasteiger partial charge in [0.25, 0.3) is 0 Å². The molecule has 0 aliphatic carbocycles. The summed E-state index contributed by atoms with van der Waals surface area (Å²) in [5, 5.41) is 9.15. The molecule has 3 N–H and O–H groups in total. The van der Waals surface area contributed by atoms with Gasteiger partial charge in [-0.25, -0.2) is 8.78 Å². The standard InChI is InChI=1S/C10H12BrF2NO/c1-10(2,14)4-5-6(12)3-7(15)8(11)9(5)13/h3,15H,4,14H2,1-2H3. The topological polar surface area (TPSA) is 46.2 Å². The predicted molar refractivity (Wildman–Crippen MR) is 57.7 cm³/mol. The second kappa shape index (κ2) is 4.06. The maximum Gasteiger partial charge on any atom is 0.147 e. The maximum atomic E-state index is 13.6. The van der Waals surface area contributed by atoms with Crippen molar-refractivity contribution in [3.63, 3.8) is 0 Å². The van der Waals surface area contributed by atoms with E-state index < -0.39 is 22.9 Å². The molecule has 0 aliphatic heterocycles. The molecule has 0 unspecified atom stereocenters. The number of aromatic hydroxyl groups is 1. The van der Waals surface area contributed by atoms with Crippen molar-refractivity contribution in [2.75, 3.05) is 0 Å². The number of phenols is 1. The highest BCUT2D eigenvalue weighted by Gasteiger charge is 2.21. The minimum absolute atomic E-state index is 0.0591. The molecule has 0 spiro atoms. The molecule has 0 amide bonds. The number of hydrogen-bond donors (Lipinski definition) is 2. The van der Waals surface area contributed by atoms with Crippen LogP contribution in [0.5, 0.6) is 5.75 Å². The van der Waals surface area contributed by atoms with Crippen LogP contribution < -0.4 is 5.73 Å². The number of nitrogens with two attached hydrogens (primary N) is 1. The van der Waals surface area contributed by atoms with Gasteiger partial charge in [-0.3, -0.25) is 0 Å². The fraction of sp³-hybridized carbons (Fsp3) is 0.400. The van der Waals surface area contributed by atoms with Crippen molar-refractivity contribution in [3.05, 3.63) is 27.7 Å². The van der Waals surface area contributed by atoms with E-state index in [1.807, 2.05) is 0 Å². The Morgan fingerprint density at radius 1 is 1.47 bits per heavy atom. The third-order valence-corrected chi connectivity index (χ3v) is 2.62. The van der Waals surface area contributed by atoms with Gasteiger partial charge in [-0.05, 0) is 36.2 Å². The summed E-state index contributed by atoms with van der Waals surface area (Å²) < 4.78 is 26.8. The number of halogens is 3. The van der Waals surface area contributed by atoms with E-state index in [1.165, 1.54) is 0 Å². The van der Waals surface area contributed by atoms with Crippen LogP contribution in [0.25, 0.3) is 0 Å². The normalized spacial score (nSPS) is 11.9. The molecule has 1 rings (SSSR count). The summed E-state index contributed by atoms with van der Waals surface area (Å²) in [4.78, 5) is 0. The molecule has 2 nitrogen and oxygen atoms in total. The Hall–Kier alpha value is -0.680. The first-order valence-electron chi connectivity index (χ1n) is 4.36. The fourth-order valence-corrected chi connectivity index (χ4v) is 1.59. The fourth-order valence-electron chi connectivity index (χ4n) is 1.24. The van der Waals surface area contributed by atoms with Crippen LogP contribution in [0.1, 0.15) is 19.4 Å². The van der Waals surface area contributed by atoms with Crippen molar-refractivity contribution in [2.45, 2.75) is 25.8 Å². The van der Waals surface area contributed by atoms with Crippen molar-refractivity contribution in [3.8, 4) is 5.75 Å². The van der Waals surface area contributed by atoms with Crippen molar-refractivity contribution in [1.82, 2.24) is 0 Å². The van der Waals surface area contributed by atoms with E-state index in [0.29, 0.717) is 0 Å². The molecule has 0 bridgehead atoms. The van der Waals surface area contributed by atoms with Crippen LogP contribution in [0.4, 0.5) is 8.78 Å². The van der Waals surface area contributed by atoms with E-state index in [1.54, 1.807) is 13.8 Å². The van der Waals surface area contributed by atoms with Crippen LogP contribution >= 0.6 is 15.9 Å². The number of hydrogen-bond acceptors (Lipinski definition) is 2. The molecule has 84 valence electrons. The first-order chi connectivity index (χ1) is 6.72. The smallest absolute Gasteiger partial charge is 0.147 e. The first kappa shape index (κ1) is 12.4. The largest absolute Gasteiger partial charge is 0.507 e. The second-order valence-electron chi connectivity index (χ2n) is 4.15. The Bertz CT molecular complexity index is 388. The molecule has 0 radical (unpaired) electrons. The van der Waals surface area contributed by atoms with E-state index in [9.17, 15) is 8.78 Å². The summed E-state index contributed by atoms with van der Waals surface area (Å²) in [5.74, 6) is -2.04. The summed E-state index contributed by atoms with van der Waals surface area (Å²) in [6, 6.07) is 0.869. The Morgan fingerprint density at radius 3 is 2.47 bits per heavy atom. The lowest BCUT2D eigenvalue weighted by Crippen LogP contribution is -2.35. The lowest BCUT2D eigenvalue weighted by molar-refractivity contribution is 0.438. The molecule has 5 heteroatoms. The Morgan fingerprint density at radius 2 is 2.00 bits per heavy atom. The molecular weight excluding hydrogens is 268 g/mol. The van der Waals surface area contributed by atoms with Crippen LogP contribution in [-0.4, -0.2) is 10.6 Å². The molecule has 0 atom stereocenters. The lowest BCUT2D eigenvalue weighted by atomic mass is 9.95. The quantitative estimate of drug-likeness (QED) is 0.818. The summed E-state index contributed by atoms with van der Waals surface area (Å²) in [5.41, 5.74) is 4.85. The van der Waals surface area contributed by atoms with Crippen molar-refractivity contribution >= 4 is 15.9 Å². The van der Waals surface area contributed by atoms with Gasteiger partial charge in [0.1, 0.15) is 17.4 Å². The van der Waals surface area contributed by atoms with Gasteiger partial charge in [0.2, 0.25) is 0 Å². The highest BCUT2D eigenvalue weighted by molar-refractivity contribution is 9.10. The lowest BCUT2D eigenvalue weighted by Gasteiger charge is -2.19. The summed E-state index contributed by atoms with van der Waals surface area (Å²) in [6.45, 7) is 3.35. The van der Waals surface area contributed by atoms with E-state index in [-0.39, 0.29) is 16.5 Å². The minimum Gasteiger partial charge on any atom is -0.507 e. The van der Waals surface area contributed by atoms with Gasteiger partial charge >= 0.3 is 0 Å². The monoisotopic (exact) mass is 279 g/mol. The highest BCUT2D eigenvalue weighted by atomic mass is 79.9. The van der Waals surface area contributed by atoms with Gasteiger partial charge in [-0.15, -0.1) is 0 Å². The SMILES string of the molecule is CC(C)(N)Cc1c(F)cc(O)c(Br)c1F. The average molecular weight is 280 g/mol. The van der Waals surface area contributed by atoms with Crippen LogP contribution in [0, 0.1) is 11.6 Å². The zero-order valence-corrected chi connectivity index (χ0v) is 10.0. The van der Waals surface area contributed by atoms with Crippen LogP contribution in [0.3, 0.4) is 0 Å². The van der Waals surface area contributed by atoms with E-state index >= 15 is 0 Å². The zero-order valence-electron chi connectivity index (χ0n) is 8.44. The van der Waals surface area contributed by atoms with Crippen molar-refractivity contribution in [2.24, 2.45) is 5.73 Å². The van der Waals surface area contributed by atoms with Gasteiger partial charge in [0, 0.05) is 17.2 Å². The summed E-state index contributed by atoms with van der Waals surface area (Å²) >= 11 is 2.84. The van der Waals surface area contributed by atoms with Gasteiger partial charge in [-0.2, -0.15) is 0 Å².